The van der Waals surface area contributed by atoms with Gasteiger partial charge in [0.05, 0.1) is 11.3 Å². The zero-order valence-electron chi connectivity index (χ0n) is 18.9. The Morgan fingerprint density at radius 3 is 2.00 bits per heavy atom. The van der Waals surface area contributed by atoms with E-state index in [1.807, 2.05) is 60.0 Å². The molecule has 2 amide bonds. The zero-order valence-corrected chi connectivity index (χ0v) is 19.7. The Balaban J connectivity index is 1.45. The molecule has 3 aromatic rings. The van der Waals surface area contributed by atoms with E-state index >= 15 is 0 Å². The lowest BCUT2D eigenvalue weighted by Gasteiger charge is -2.37. The topological polar surface area (TPSA) is 43.9 Å². The second-order valence-corrected chi connectivity index (χ2v) is 9.65. The van der Waals surface area contributed by atoms with Gasteiger partial charge in [0, 0.05) is 36.7 Å². The number of amides is 2. The molecule has 1 aromatic heterocycles. The number of benzene rings is 2. The number of carbonyl (C=O) groups excluding carboxylic acids is 2. The summed E-state index contributed by atoms with van der Waals surface area (Å²) in [5.74, 6) is -0.0746. The van der Waals surface area contributed by atoms with E-state index in [4.69, 9.17) is 0 Å². The second kappa shape index (κ2) is 8.87. The molecule has 1 saturated heterocycles. The van der Waals surface area contributed by atoms with Gasteiger partial charge in [-0.05, 0) is 47.2 Å². The molecule has 2 aliphatic heterocycles. The van der Waals surface area contributed by atoms with Crippen molar-refractivity contribution in [3.05, 3.63) is 88.2 Å². The normalized spacial score (nSPS) is 17.0. The highest BCUT2D eigenvalue weighted by Crippen LogP contribution is 2.37. The van der Waals surface area contributed by atoms with E-state index in [1.165, 1.54) is 27.5 Å². The lowest BCUT2D eigenvalue weighted by Crippen LogP contribution is -2.47. The summed E-state index contributed by atoms with van der Waals surface area (Å²) in [6.45, 7) is 7.25. The smallest absolute Gasteiger partial charge is 0.282 e. The third-order valence-corrected chi connectivity index (χ3v) is 7.25. The lowest BCUT2D eigenvalue weighted by atomic mass is 10.0. The van der Waals surface area contributed by atoms with Gasteiger partial charge in [-0.3, -0.25) is 9.59 Å². The summed E-state index contributed by atoms with van der Waals surface area (Å²) in [7, 11) is 0. The van der Waals surface area contributed by atoms with E-state index in [-0.39, 0.29) is 11.8 Å². The van der Waals surface area contributed by atoms with E-state index in [0.29, 0.717) is 36.0 Å². The number of para-hydroxylation sites is 1. The number of imide groups is 1. The van der Waals surface area contributed by atoms with Gasteiger partial charge >= 0.3 is 0 Å². The Morgan fingerprint density at radius 1 is 0.727 bits per heavy atom. The summed E-state index contributed by atoms with van der Waals surface area (Å²) in [4.78, 5) is 33.9. The van der Waals surface area contributed by atoms with Crippen molar-refractivity contribution < 1.29 is 9.59 Å². The van der Waals surface area contributed by atoms with Crippen LogP contribution < -0.4 is 9.80 Å². The number of carbonyl (C=O) groups is 2. The summed E-state index contributed by atoms with van der Waals surface area (Å²) < 4.78 is 0. The molecule has 6 heteroatoms. The molecule has 2 aliphatic rings. The minimum absolute atomic E-state index is 0.228. The molecule has 0 radical (unpaired) electrons. The first-order chi connectivity index (χ1) is 16.0. The Labute approximate surface area is 198 Å². The highest BCUT2D eigenvalue weighted by molar-refractivity contribution is 7.11. The van der Waals surface area contributed by atoms with Crippen molar-refractivity contribution in [2.75, 3.05) is 36.0 Å². The van der Waals surface area contributed by atoms with Gasteiger partial charge in [0.15, 0.2) is 0 Å². The maximum absolute atomic E-state index is 13.7. The van der Waals surface area contributed by atoms with Gasteiger partial charge in [-0.15, -0.1) is 11.3 Å². The molecule has 2 aromatic carbocycles. The van der Waals surface area contributed by atoms with Crippen LogP contribution in [0, 0.1) is 0 Å². The van der Waals surface area contributed by atoms with Gasteiger partial charge in [0.1, 0.15) is 5.70 Å². The summed E-state index contributed by atoms with van der Waals surface area (Å²) >= 11 is 1.50. The van der Waals surface area contributed by atoms with Gasteiger partial charge in [-0.1, -0.05) is 50.2 Å². The Morgan fingerprint density at radius 2 is 1.39 bits per heavy atom. The first-order valence-corrected chi connectivity index (χ1v) is 12.2. The number of piperazine rings is 1. The highest BCUT2D eigenvalue weighted by atomic mass is 32.1. The maximum Gasteiger partial charge on any atom is 0.282 e. The number of hydrogen-bond acceptors (Lipinski definition) is 5. The predicted octanol–water partition coefficient (Wildman–Crippen LogP) is 4.98. The average molecular weight is 458 g/mol. The van der Waals surface area contributed by atoms with E-state index in [9.17, 15) is 9.59 Å². The molecule has 1 fully saturated rings. The summed E-state index contributed by atoms with van der Waals surface area (Å²) in [6, 6.07) is 21.9. The fourth-order valence-electron chi connectivity index (χ4n) is 4.52. The molecule has 0 atom stereocenters. The van der Waals surface area contributed by atoms with Crippen LogP contribution in [0.25, 0.3) is 5.57 Å². The molecule has 168 valence electrons. The minimum atomic E-state index is -0.236. The molecule has 3 heterocycles. The quantitative estimate of drug-likeness (QED) is 0.507. The zero-order chi connectivity index (χ0) is 22.9. The Kier molecular flexibility index (Phi) is 5.77. The molecule has 0 N–H and O–H groups in total. The van der Waals surface area contributed by atoms with E-state index in [0.717, 1.165) is 18.0 Å². The molecular weight excluding hydrogens is 430 g/mol. The van der Waals surface area contributed by atoms with Crippen LogP contribution in [0.4, 0.5) is 11.4 Å². The number of nitrogens with zero attached hydrogens (tertiary/aromatic N) is 3. The third kappa shape index (κ3) is 3.95. The van der Waals surface area contributed by atoms with Crippen LogP contribution in [0.1, 0.15) is 30.2 Å². The molecule has 0 bridgehead atoms. The SMILES string of the molecule is CC(C)c1ccc(N2C(=O)C(c3cccs3)=C(N3CCN(c4ccccc4)CC3)C2=O)cc1. The molecule has 5 rings (SSSR count). The van der Waals surface area contributed by atoms with Crippen molar-refractivity contribution in [3.8, 4) is 0 Å². The number of rotatable bonds is 5. The van der Waals surface area contributed by atoms with Gasteiger partial charge in [-0.25, -0.2) is 4.90 Å². The van der Waals surface area contributed by atoms with Crippen molar-refractivity contribution >= 4 is 40.1 Å². The highest BCUT2D eigenvalue weighted by Gasteiger charge is 2.43. The molecule has 0 spiro atoms. The number of anilines is 2. The van der Waals surface area contributed by atoms with E-state index in [2.05, 4.69) is 35.8 Å². The Bertz CT molecular complexity index is 1180. The standard InChI is InChI=1S/C27H27N3O2S/c1-19(2)20-10-12-22(13-11-20)30-26(31)24(23-9-6-18-33-23)25(27(30)32)29-16-14-28(15-17-29)21-7-4-3-5-8-21/h3-13,18-19H,14-17H2,1-2H3. The summed E-state index contributed by atoms with van der Waals surface area (Å²) in [6.07, 6.45) is 0. The molecular formula is C27H27N3O2S. The average Bonchev–Trinajstić information content (AvgIpc) is 3.46. The van der Waals surface area contributed by atoms with Crippen molar-refractivity contribution in [2.24, 2.45) is 0 Å². The van der Waals surface area contributed by atoms with E-state index < -0.39 is 0 Å². The minimum Gasteiger partial charge on any atom is -0.368 e. The fraction of sp³-hybridized carbons (Fsp3) is 0.259. The Hall–Kier alpha value is -3.38. The van der Waals surface area contributed by atoms with Gasteiger partial charge < -0.3 is 9.80 Å². The molecule has 5 nitrogen and oxygen atoms in total. The summed E-state index contributed by atoms with van der Waals surface area (Å²) in [5.41, 5.74) is 4.05. The van der Waals surface area contributed by atoms with Crippen LogP contribution >= 0.6 is 11.3 Å². The number of hydrogen-bond donors (Lipinski definition) is 0. The third-order valence-electron chi connectivity index (χ3n) is 6.36. The van der Waals surface area contributed by atoms with Crippen molar-refractivity contribution in [2.45, 2.75) is 19.8 Å². The molecule has 0 aliphatic carbocycles. The van der Waals surface area contributed by atoms with Crippen molar-refractivity contribution in [1.82, 2.24) is 4.90 Å². The molecule has 33 heavy (non-hydrogen) atoms. The van der Waals surface area contributed by atoms with E-state index in [1.54, 1.807) is 0 Å². The summed E-state index contributed by atoms with van der Waals surface area (Å²) in [5, 5.41) is 1.95. The van der Waals surface area contributed by atoms with Crippen LogP contribution in [-0.2, 0) is 9.59 Å². The molecule has 0 saturated carbocycles. The van der Waals surface area contributed by atoms with Gasteiger partial charge in [0.25, 0.3) is 11.8 Å². The lowest BCUT2D eigenvalue weighted by molar-refractivity contribution is -0.120. The monoisotopic (exact) mass is 457 g/mol. The predicted molar refractivity (Wildman–Crippen MR) is 134 cm³/mol. The van der Waals surface area contributed by atoms with Crippen molar-refractivity contribution in [1.29, 1.82) is 0 Å². The molecule has 0 unspecified atom stereocenters. The van der Waals surface area contributed by atoms with Gasteiger partial charge in [-0.2, -0.15) is 0 Å². The second-order valence-electron chi connectivity index (χ2n) is 8.70. The van der Waals surface area contributed by atoms with Crippen LogP contribution in [0.15, 0.2) is 77.8 Å². The fourth-order valence-corrected chi connectivity index (χ4v) is 5.29. The van der Waals surface area contributed by atoms with Crippen LogP contribution in [-0.4, -0.2) is 42.9 Å². The van der Waals surface area contributed by atoms with Crippen LogP contribution in [0.3, 0.4) is 0 Å². The maximum atomic E-state index is 13.7. The largest absolute Gasteiger partial charge is 0.368 e. The van der Waals surface area contributed by atoms with Crippen molar-refractivity contribution in [3.63, 3.8) is 0 Å². The van der Waals surface area contributed by atoms with Crippen LogP contribution in [0.5, 0.6) is 0 Å². The first-order valence-electron chi connectivity index (χ1n) is 11.4. The van der Waals surface area contributed by atoms with Crippen LogP contribution in [0.2, 0.25) is 0 Å². The van der Waals surface area contributed by atoms with Gasteiger partial charge in [0.2, 0.25) is 0 Å². The number of thiophene rings is 1. The first kappa shape index (κ1) is 21.5.